The fourth-order valence-corrected chi connectivity index (χ4v) is 2.30. The summed E-state index contributed by atoms with van der Waals surface area (Å²) in [6.45, 7) is 9.84. The number of hydrogen-bond donors (Lipinski definition) is 1. The van der Waals surface area contributed by atoms with Gasteiger partial charge in [0.2, 0.25) is 0 Å². The first-order valence-electron chi connectivity index (χ1n) is 6.89. The number of rotatable bonds is 7. The van der Waals surface area contributed by atoms with E-state index in [-0.39, 0.29) is 0 Å². The molecule has 0 spiro atoms. The van der Waals surface area contributed by atoms with Crippen molar-refractivity contribution in [3.8, 4) is 0 Å². The van der Waals surface area contributed by atoms with Gasteiger partial charge in [-0.1, -0.05) is 20.3 Å². The molecule has 0 bridgehead atoms. The van der Waals surface area contributed by atoms with Crippen molar-refractivity contribution in [2.75, 3.05) is 7.05 Å². The Labute approximate surface area is 106 Å². The Morgan fingerprint density at radius 3 is 2.53 bits per heavy atom. The molecule has 0 saturated carbocycles. The number of aromatic nitrogens is 2. The van der Waals surface area contributed by atoms with Crippen LogP contribution in [0.4, 0.5) is 0 Å². The maximum Gasteiger partial charge on any atom is 0.0624 e. The van der Waals surface area contributed by atoms with E-state index in [2.05, 4.69) is 48.9 Å². The molecule has 17 heavy (non-hydrogen) atoms. The fraction of sp³-hybridized carbons (Fsp3) is 0.786. The third kappa shape index (κ3) is 3.56. The zero-order valence-electron chi connectivity index (χ0n) is 12.0. The van der Waals surface area contributed by atoms with E-state index in [9.17, 15) is 0 Å². The van der Waals surface area contributed by atoms with Crippen LogP contribution in [0.2, 0.25) is 0 Å². The summed E-state index contributed by atoms with van der Waals surface area (Å²) >= 11 is 0. The second-order valence-corrected chi connectivity index (χ2v) is 4.75. The van der Waals surface area contributed by atoms with Gasteiger partial charge in [0.1, 0.15) is 0 Å². The summed E-state index contributed by atoms with van der Waals surface area (Å²) in [5, 5.41) is 7.98. The van der Waals surface area contributed by atoms with Gasteiger partial charge < -0.3 is 5.32 Å². The Morgan fingerprint density at radius 2 is 2.06 bits per heavy atom. The first-order chi connectivity index (χ1) is 8.15. The summed E-state index contributed by atoms with van der Waals surface area (Å²) in [6.07, 6.45) is 3.36. The van der Waals surface area contributed by atoms with E-state index >= 15 is 0 Å². The molecule has 2 unspecified atom stereocenters. The summed E-state index contributed by atoms with van der Waals surface area (Å²) in [5.41, 5.74) is 2.60. The summed E-state index contributed by atoms with van der Waals surface area (Å²) in [5.74, 6) is 0.687. The monoisotopic (exact) mass is 237 g/mol. The van der Waals surface area contributed by atoms with Crippen LogP contribution >= 0.6 is 0 Å². The van der Waals surface area contributed by atoms with E-state index in [4.69, 9.17) is 0 Å². The lowest BCUT2D eigenvalue weighted by molar-refractivity contribution is 0.371. The summed E-state index contributed by atoms with van der Waals surface area (Å²) in [4.78, 5) is 0. The molecule has 0 saturated heterocycles. The quantitative estimate of drug-likeness (QED) is 0.790. The van der Waals surface area contributed by atoms with Crippen molar-refractivity contribution in [2.24, 2.45) is 5.92 Å². The van der Waals surface area contributed by atoms with E-state index in [0.717, 1.165) is 19.4 Å². The van der Waals surface area contributed by atoms with Crippen LogP contribution in [0.5, 0.6) is 0 Å². The van der Waals surface area contributed by atoms with Crippen LogP contribution in [-0.2, 0) is 19.4 Å². The molecule has 2 atom stereocenters. The Hall–Kier alpha value is -0.830. The molecular formula is C14H27N3. The van der Waals surface area contributed by atoms with Crippen LogP contribution in [0.15, 0.2) is 6.07 Å². The van der Waals surface area contributed by atoms with Gasteiger partial charge in [-0.15, -0.1) is 0 Å². The molecule has 0 fully saturated rings. The Bertz CT molecular complexity index is 330. The molecule has 0 aliphatic rings. The van der Waals surface area contributed by atoms with Gasteiger partial charge in [-0.2, -0.15) is 5.10 Å². The Morgan fingerprint density at radius 1 is 1.35 bits per heavy atom. The molecule has 3 heteroatoms. The molecule has 0 radical (unpaired) electrons. The predicted octanol–water partition coefficient (Wildman–Crippen LogP) is 2.64. The van der Waals surface area contributed by atoms with Crippen LogP contribution < -0.4 is 5.32 Å². The fourth-order valence-electron chi connectivity index (χ4n) is 2.30. The first kappa shape index (κ1) is 14.2. The van der Waals surface area contributed by atoms with Crippen molar-refractivity contribution in [1.82, 2.24) is 15.1 Å². The molecule has 0 aromatic carbocycles. The Balaban J connectivity index is 2.80. The van der Waals surface area contributed by atoms with E-state index in [1.54, 1.807) is 0 Å². The molecule has 1 N–H and O–H groups in total. The highest BCUT2D eigenvalue weighted by Crippen LogP contribution is 2.17. The van der Waals surface area contributed by atoms with Crippen LogP contribution in [0.1, 0.15) is 45.5 Å². The van der Waals surface area contributed by atoms with Crippen LogP contribution in [-0.4, -0.2) is 22.9 Å². The molecule has 1 rings (SSSR count). The van der Waals surface area contributed by atoms with Gasteiger partial charge in [-0.05, 0) is 45.7 Å². The van der Waals surface area contributed by atoms with Crippen LogP contribution in [0, 0.1) is 5.92 Å². The maximum atomic E-state index is 4.62. The third-order valence-corrected chi connectivity index (χ3v) is 3.73. The minimum atomic E-state index is 0.560. The number of nitrogens with zero attached hydrogens (tertiary/aromatic N) is 2. The lowest BCUT2D eigenvalue weighted by atomic mass is 9.93. The zero-order valence-corrected chi connectivity index (χ0v) is 12.0. The molecular weight excluding hydrogens is 210 g/mol. The summed E-state index contributed by atoms with van der Waals surface area (Å²) < 4.78 is 2.16. The highest BCUT2D eigenvalue weighted by atomic mass is 15.3. The topological polar surface area (TPSA) is 29.9 Å². The normalized spacial score (nSPS) is 14.9. The lowest BCUT2D eigenvalue weighted by Crippen LogP contribution is -2.31. The molecule has 0 aliphatic heterocycles. The van der Waals surface area contributed by atoms with Gasteiger partial charge in [-0.3, -0.25) is 4.68 Å². The molecule has 1 aromatic heterocycles. The summed E-state index contributed by atoms with van der Waals surface area (Å²) in [7, 11) is 2.04. The summed E-state index contributed by atoms with van der Waals surface area (Å²) in [6, 6.07) is 2.83. The first-order valence-corrected chi connectivity index (χ1v) is 6.89. The second-order valence-electron chi connectivity index (χ2n) is 4.75. The minimum absolute atomic E-state index is 0.560. The van der Waals surface area contributed by atoms with Crippen molar-refractivity contribution in [2.45, 2.75) is 59.5 Å². The number of nitrogens with one attached hydrogen (secondary N) is 1. The van der Waals surface area contributed by atoms with E-state index in [1.807, 2.05) is 7.05 Å². The number of hydrogen-bond acceptors (Lipinski definition) is 2. The highest BCUT2D eigenvalue weighted by molar-refractivity contribution is 5.11. The molecule has 1 heterocycles. The largest absolute Gasteiger partial charge is 0.317 e. The van der Waals surface area contributed by atoms with E-state index in [1.165, 1.54) is 17.8 Å². The van der Waals surface area contributed by atoms with Gasteiger partial charge in [0.05, 0.1) is 5.69 Å². The lowest BCUT2D eigenvalue weighted by Gasteiger charge is -2.22. The van der Waals surface area contributed by atoms with Crippen molar-refractivity contribution in [1.29, 1.82) is 0 Å². The van der Waals surface area contributed by atoms with Gasteiger partial charge in [0.15, 0.2) is 0 Å². The van der Waals surface area contributed by atoms with Crippen LogP contribution in [0.3, 0.4) is 0 Å². The van der Waals surface area contributed by atoms with Crippen molar-refractivity contribution in [3.63, 3.8) is 0 Å². The molecule has 98 valence electrons. The van der Waals surface area contributed by atoms with Crippen LogP contribution in [0.25, 0.3) is 0 Å². The zero-order chi connectivity index (χ0) is 12.8. The van der Waals surface area contributed by atoms with Gasteiger partial charge in [-0.25, -0.2) is 0 Å². The SMILES string of the molecule is CCc1cc(CC(CC)C(C)NC)n(CC)n1. The van der Waals surface area contributed by atoms with Gasteiger partial charge in [0.25, 0.3) is 0 Å². The third-order valence-electron chi connectivity index (χ3n) is 3.73. The number of aryl methyl sites for hydroxylation is 2. The predicted molar refractivity (Wildman–Crippen MR) is 73.3 cm³/mol. The van der Waals surface area contributed by atoms with E-state index < -0.39 is 0 Å². The molecule has 0 aliphatic carbocycles. The second kappa shape index (κ2) is 6.80. The average Bonchev–Trinajstić information content (AvgIpc) is 2.77. The van der Waals surface area contributed by atoms with Crippen molar-refractivity contribution < 1.29 is 0 Å². The van der Waals surface area contributed by atoms with Gasteiger partial charge >= 0.3 is 0 Å². The van der Waals surface area contributed by atoms with Crippen molar-refractivity contribution in [3.05, 3.63) is 17.5 Å². The van der Waals surface area contributed by atoms with Crippen molar-refractivity contribution >= 4 is 0 Å². The highest BCUT2D eigenvalue weighted by Gasteiger charge is 2.17. The molecule has 1 aromatic rings. The maximum absolute atomic E-state index is 4.62. The molecule has 3 nitrogen and oxygen atoms in total. The average molecular weight is 237 g/mol. The standard InChI is InChI=1S/C14H27N3/c1-6-12(11(4)15-5)9-14-10-13(7-2)16-17(14)8-3/h10-12,15H,6-9H2,1-5H3. The molecule has 0 amide bonds. The Kier molecular flexibility index (Phi) is 5.69. The smallest absolute Gasteiger partial charge is 0.0624 e. The van der Waals surface area contributed by atoms with E-state index in [0.29, 0.717) is 12.0 Å². The minimum Gasteiger partial charge on any atom is -0.317 e. The van der Waals surface area contributed by atoms with Gasteiger partial charge in [0, 0.05) is 18.3 Å².